The van der Waals surface area contributed by atoms with Crippen molar-refractivity contribution in [1.82, 2.24) is 10.0 Å². The molecule has 2 atom stereocenters. The van der Waals surface area contributed by atoms with E-state index in [1.165, 1.54) is 6.07 Å². The van der Waals surface area contributed by atoms with Crippen LogP contribution in [0.1, 0.15) is 19.3 Å². The Hall–Kier alpha value is -0.860. The van der Waals surface area contributed by atoms with Crippen molar-refractivity contribution in [3.8, 4) is 5.75 Å². The van der Waals surface area contributed by atoms with Gasteiger partial charge in [0.2, 0.25) is 10.0 Å². The van der Waals surface area contributed by atoms with E-state index in [1.54, 1.807) is 12.1 Å². The second-order valence-corrected chi connectivity index (χ2v) is 8.87. The number of halogens is 1. The van der Waals surface area contributed by atoms with E-state index < -0.39 is 10.0 Å². The average Bonchev–Trinajstić information content (AvgIpc) is 3.13. The molecule has 0 radical (unpaired) electrons. The zero-order chi connectivity index (χ0) is 17.7. The van der Waals surface area contributed by atoms with Gasteiger partial charge >= 0.3 is 0 Å². The lowest BCUT2D eigenvalue weighted by Crippen LogP contribution is -2.38. The minimum atomic E-state index is -3.68. The monoisotopic (exact) mass is 388 g/mol. The van der Waals surface area contributed by atoms with E-state index in [0.29, 0.717) is 42.4 Å². The largest absolute Gasteiger partial charge is 0.492 e. The van der Waals surface area contributed by atoms with E-state index in [2.05, 4.69) is 10.0 Å². The molecule has 1 aromatic carbocycles. The first kappa shape index (κ1) is 18.9. The summed E-state index contributed by atoms with van der Waals surface area (Å²) < 4.78 is 39.3. The minimum Gasteiger partial charge on any atom is -0.492 e. The van der Waals surface area contributed by atoms with E-state index in [4.69, 9.17) is 21.1 Å². The molecule has 2 saturated heterocycles. The van der Waals surface area contributed by atoms with Gasteiger partial charge < -0.3 is 14.8 Å². The van der Waals surface area contributed by atoms with Gasteiger partial charge in [-0.1, -0.05) is 11.6 Å². The highest BCUT2D eigenvalue weighted by molar-refractivity contribution is 7.89. The van der Waals surface area contributed by atoms with E-state index in [0.717, 1.165) is 39.0 Å². The first-order valence-electron chi connectivity index (χ1n) is 8.75. The van der Waals surface area contributed by atoms with Gasteiger partial charge in [-0.2, -0.15) is 0 Å². The fourth-order valence-electron chi connectivity index (χ4n) is 3.14. The Morgan fingerprint density at radius 1 is 1.32 bits per heavy atom. The molecule has 25 heavy (non-hydrogen) atoms. The van der Waals surface area contributed by atoms with Gasteiger partial charge in [0, 0.05) is 24.1 Å². The van der Waals surface area contributed by atoms with Gasteiger partial charge in [-0.05, 0) is 56.5 Å². The highest BCUT2D eigenvalue weighted by Gasteiger charge is 2.24. The van der Waals surface area contributed by atoms with Crippen molar-refractivity contribution in [3.63, 3.8) is 0 Å². The van der Waals surface area contributed by atoms with Crippen LogP contribution in [-0.2, 0) is 14.8 Å². The molecule has 0 bridgehead atoms. The molecule has 2 heterocycles. The van der Waals surface area contributed by atoms with E-state index in [1.807, 2.05) is 0 Å². The molecule has 2 fully saturated rings. The van der Waals surface area contributed by atoms with Crippen molar-refractivity contribution < 1.29 is 17.9 Å². The zero-order valence-corrected chi connectivity index (χ0v) is 15.7. The van der Waals surface area contributed by atoms with Crippen LogP contribution < -0.4 is 14.8 Å². The third-order valence-corrected chi connectivity index (χ3v) is 6.33. The van der Waals surface area contributed by atoms with Gasteiger partial charge in [0.25, 0.3) is 0 Å². The summed E-state index contributed by atoms with van der Waals surface area (Å²) in [6.07, 6.45) is 3.03. The molecule has 2 aliphatic heterocycles. The molecule has 2 N–H and O–H groups in total. The van der Waals surface area contributed by atoms with Gasteiger partial charge in [0.15, 0.2) is 0 Å². The molecule has 2 unspecified atom stereocenters. The van der Waals surface area contributed by atoms with Gasteiger partial charge in [0.1, 0.15) is 10.6 Å². The number of nitrogens with one attached hydrogen (secondary N) is 2. The Balaban J connectivity index is 1.68. The summed E-state index contributed by atoms with van der Waals surface area (Å²) in [5, 5.41) is 3.66. The van der Waals surface area contributed by atoms with Crippen molar-refractivity contribution in [1.29, 1.82) is 0 Å². The molecule has 6 nitrogen and oxygen atoms in total. The third-order valence-electron chi connectivity index (χ3n) is 4.65. The van der Waals surface area contributed by atoms with Crippen molar-refractivity contribution in [2.45, 2.75) is 24.2 Å². The van der Waals surface area contributed by atoms with E-state index in [-0.39, 0.29) is 4.90 Å². The average molecular weight is 389 g/mol. The number of piperidine rings is 1. The van der Waals surface area contributed by atoms with Crippen LogP contribution in [0.3, 0.4) is 0 Å². The van der Waals surface area contributed by atoms with E-state index in [9.17, 15) is 8.42 Å². The maximum atomic E-state index is 12.7. The minimum absolute atomic E-state index is 0.0997. The number of ether oxygens (including phenoxy) is 2. The Kier molecular flexibility index (Phi) is 6.57. The highest BCUT2D eigenvalue weighted by atomic mass is 35.5. The molecule has 0 aromatic heterocycles. The van der Waals surface area contributed by atoms with Gasteiger partial charge in [-0.25, -0.2) is 13.1 Å². The number of sulfonamides is 1. The summed E-state index contributed by atoms with van der Waals surface area (Å²) in [6, 6.07) is 4.71. The van der Waals surface area contributed by atoms with E-state index >= 15 is 0 Å². The lowest BCUT2D eigenvalue weighted by molar-refractivity contribution is 0.166. The molecular formula is C17H25ClN2O4S. The maximum Gasteiger partial charge on any atom is 0.244 e. The summed E-state index contributed by atoms with van der Waals surface area (Å²) >= 11 is 6.02. The summed E-state index contributed by atoms with van der Waals surface area (Å²) in [7, 11) is -3.68. The van der Waals surface area contributed by atoms with Crippen LogP contribution in [0, 0.1) is 11.8 Å². The fourth-order valence-corrected chi connectivity index (χ4v) is 4.66. The lowest BCUT2D eigenvalue weighted by atomic mass is 10.0. The molecule has 140 valence electrons. The zero-order valence-electron chi connectivity index (χ0n) is 14.2. The second-order valence-electron chi connectivity index (χ2n) is 6.70. The summed E-state index contributed by atoms with van der Waals surface area (Å²) in [5.74, 6) is 0.945. The molecular weight excluding hydrogens is 364 g/mol. The quantitative estimate of drug-likeness (QED) is 0.747. The Morgan fingerprint density at radius 3 is 2.92 bits per heavy atom. The first-order chi connectivity index (χ1) is 12.0. The molecule has 8 heteroatoms. The van der Waals surface area contributed by atoms with Gasteiger partial charge in [-0.3, -0.25) is 0 Å². The van der Waals surface area contributed by atoms with Crippen LogP contribution in [-0.4, -0.2) is 47.9 Å². The smallest absolute Gasteiger partial charge is 0.244 e. The van der Waals surface area contributed by atoms with Gasteiger partial charge in [0.05, 0.1) is 13.2 Å². The van der Waals surface area contributed by atoms with Crippen LogP contribution in [0.5, 0.6) is 5.75 Å². The number of hydrogen-bond acceptors (Lipinski definition) is 5. The predicted molar refractivity (Wildman–Crippen MR) is 96.7 cm³/mol. The topological polar surface area (TPSA) is 76.7 Å². The van der Waals surface area contributed by atoms with Crippen molar-refractivity contribution >= 4 is 21.6 Å². The molecule has 0 spiro atoms. The number of benzene rings is 1. The van der Waals surface area contributed by atoms with Crippen molar-refractivity contribution in [3.05, 3.63) is 23.2 Å². The third kappa shape index (κ3) is 5.31. The lowest BCUT2D eigenvalue weighted by Gasteiger charge is -2.23. The van der Waals surface area contributed by atoms with Crippen LogP contribution in [0.15, 0.2) is 23.1 Å². The second kappa shape index (κ2) is 8.68. The predicted octanol–water partition coefficient (Wildman–Crippen LogP) is 2.03. The normalized spacial score (nSPS) is 24.4. The Labute approximate surface area is 154 Å². The Morgan fingerprint density at radius 2 is 2.20 bits per heavy atom. The van der Waals surface area contributed by atoms with Crippen LogP contribution >= 0.6 is 11.6 Å². The highest BCUT2D eigenvalue weighted by Crippen LogP contribution is 2.28. The SMILES string of the molecule is O=S(=O)(NCC1CCCNC1)c1cc(Cl)ccc1OCC1CCOC1. The standard InChI is InChI=1S/C17H25ClN2O4S/c18-15-3-4-16(24-12-14-5-7-23-11-14)17(8-15)25(21,22)20-10-13-2-1-6-19-9-13/h3-4,8,13-14,19-20H,1-2,5-7,9-12H2. The first-order valence-corrected chi connectivity index (χ1v) is 10.6. The van der Waals surface area contributed by atoms with Crippen molar-refractivity contribution in [2.75, 3.05) is 39.5 Å². The number of hydrogen-bond donors (Lipinski definition) is 2. The summed E-state index contributed by atoms with van der Waals surface area (Å²) in [5.41, 5.74) is 0. The summed E-state index contributed by atoms with van der Waals surface area (Å²) in [6.45, 7) is 4.08. The maximum absolute atomic E-state index is 12.7. The van der Waals surface area contributed by atoms with Gasteiger partial charge in [-0.15, -0.1) is 0 Å². The Bertz CT molecular complexity index is 671. The molecule has 2 aliphatic rings. The molecule has 1 aromatic rings. The summed E-state index contributed by atoms with van der Waals surface area (Å²) in [4.78, 5) is 0.0997. The molecule has 0 amide bonds. The fraction of sp³-hybridized carbons (Fsp3) is 0.647. The molecule has 0 saturated carbocycles. The van der Waals surface area contributed by atoms with Crippen LogP contribution in [0.4, 0.5) is 0 Å². The van der Waals surface area contributed by atoms with Crippen LogP contribution in [0.2, 0.25) is 5.02 Å². The van der Waals surface area contributed by atoms with Crippen molar-refractivity contribution in [2.24, 2.45) is 11.8 Å². The number of rotatable bonds is 7. The van der Waals surface area contributed by atoms with Crippen LogP contribution in [0.25, 0.3) is 0 Å². The molecule has 3 rings (SSSR count). The molecule has 0 aliphatic carbocycles.